The van der Waals surface area contributed by atoms with Gasteiger partial charge in [0.05, 0.1) is 28.2 Å². The van der Waals surface area contributed by atoms with Gasteiger partial charge in [0.1, 0.15) is 5.78 Å². The second kappa shape index (κ2) is 9.19. The van der Waals surface area contributed by atoms with Gasteiger partial charge in [-0.1, -0.05) is 12.1 Å². The first kappa shape index (κ1) is 23.6. The molecular formula is C22H21BN4O6. The molecule has 168 valence electrons. The Morgan fingerprint density at radius 3 is 2.36 bits per heavy atom. The number of fused-ring (bicyclic) bond motifs is 1. The number of pyridine rings is 1. The van der Waals surface area contributed by atoms with Gasteiger partial charge in [0, 0.05) is 23.0 Å². The van der Waals surface area contributed by atoms with Gasteiger partial charge in [-0.2, -0.15) is 0 Å². The predicted molar refractivity (Wildman–Crippen MR) is 124 cm³/mol. The van der Waals surface area contributed by atoms with E-state index in [9.17, 15) is 29.5 Å². The smallest absolute Gasteiger partial charge is 0.478 e. The van der Waals surface area contributed by atoms with Gasteiger partial charge in [-0.15, -0.1) is 0 Å². The third-order valence-electron chi connectivity index (χ3n) is 5.10. The fourth-order valence-electron chi connectivity index (χ4n) is 3.64. The molecule has 33 heavy (non-hydrogen) atoms. The van der Waals surface area contributed by atoms with E-state index in [1.807, 2.05) is 0 Å². The van der Waals surface area contributed by atoms with Crippen LogP contribution in [-0.4, -0.2) is 50.6 Å². The number of rotatable bonds is 8. The summed E-state index contributed by atoms with van der Waals surface area (Å²) < 4.78 is 0. The van der Waals surface area contributed by atoms with E-state index in [0.717, 1.165) is 6.07 Å². The molecule has 0 radical (unpaired) electrons. The molecule has 0 aliphatic heterocycles. The molecule has 1 unspecified atom stereocenters. The zero-order chi connectivity index (χ0) is 24.4. The van der Waals surface area contributed by atoms with Crippen LogP contribution in [0.25, 0.3) is 10.9 Å². The van der Waals surface area contributed by atoms with E-state index in [2.05, 4.69) is 10.3 Å². The van der Waals surface area contributed by atoms with Crippen molar-refractivity contribution >= 4 is 58.2 Å². The molecule has 0 saturated carbocycles. The third-order valence-corrected chi connectivity index (χ3v) is 5.10. The van der Waals surface area contributed by atoms with E-state index >= 15 is 0 Å². The third kappa shape index (κ3) is 4.89. The number of carbonyl (C=O) groups is 3. The molecule has 1 aromatic heterocycles. The molecule has 0 bridgehead atoms. The van der Waals surface area contributed by atoms with Crippen molar-refractivity contribution < 1.29 is 29.5 Å². The number of Topliss-reactive ketones (excluding diaryl/α,β-unsaturated/α-hetero) is 1. The molecule has 0 aliphatic rings. The molecular weight excluding hydrogens is 427 g/mol. The molecule has 1 amide bonds. The van der Waals surface area contributed by atoms with Crippen LogP contribution in [0.5, 0.6) is 0 Å². The van der Waals surface area contributed by atoms with Gasteiger partial charge in [0.25, 0.3) is 5.91 Å². The van der Waals surface area contributed by atoms with E-state index < -0.39 is 24.9 Å². The van der Waals surface area contributed by atoms with Crippen LogP contribution in [0.3, 0.4) is 0 Å². The number of nitrogens with zero attached hydrogens (tertiary/aromatic N) is 1. The lowest BCUT2D eigenvalue weighted by atomic mass is 9.79. The minimum atomic E-state index is -1.91. The van der Waals surface area contributed by atoms with Gasteiger partial charge in [-0.3, -0.25) is 14.6 Å². The van der Waals surface area contributed by atoms with Gasteiger partial charge in [-0.25, -0.2) is 4.79 Å². The lowest BCUT2D eigenvalue weighted by Crippen LogP contribution is -2.30. The fourth-order valence-corrected chi connectivity index (χ4v) is 3.64. The normalized spacial score (nSPS) is 11.6. The van der Waals surface area contributed by atoms with Crippen molar-refractivity contribution in [3.05, 3.63) is 59.3 Å². The minimum Gasteiger partial charge on any atom is -0.478 e. The summed E-state index contributed by atoms with van der Waals surface area (Å²) >= 11 is 0. The molecule has 0 aliphatic carbocycles. The number of carbonyl (C=O) groups excluding carboxylic acids is 2. The number of aromatic nitrogens is 1. The lowest BCUT2D eigenvalue weighted by molar-refractivity contribution is -0.117. The van der Waals surface area contributed by atoms with Crippen molar-refractivity contribution in [3.63, 3.8) is 0 Å². The summed E-state index contributed by atoms with van der Waals surface area (Å²) in [4.78, 5) is 39.8. The highest BCUT2D eigenvalue weighted by atomic mass is 16.4. The van der Waals surface area contributed by atoms with E-state index in [4.69, 9.17) is 11.1 Å². The molecule has 0 saturated heterocycles. The Morgan fingerprint density at radius 2 is 1.82 bits per heavy atom. The SMILES string of the molecule is CC(=N)C(C(C)=O)c1ccc2c(Nc3cc(B(O)O)cc(C(=O)O)c3)c(C(N)=O)cnc2c1. The molecule has 0 spiro atoms. The summed E-state index contributed by atoms with van der Waals surface area (Å²) in [6.07, 6.45) is 1.25. The maximum Gasteiger partial charge on any atom is 0.488 e. The highest BCUT2D eigenvalue weighted by Crippen LogP contribution is 2.31. The number of carboxylic acids is 1. The van der Waals surface area contributed by atoms with Crippen molar-refractivity contribution in [2.24, 2.45) is 5.73 Å². The molecule has 3 rings (SSSR count). The van der Waals surface area contributed by atoms with Gasteiger partial charge < -0.3 is 31.6 Å². The zero-order valence-electron chi connectivity index (χ0n) is 17.8. The number of aromatic carboxylic acids is 1. The number of amides is 1. The summed E-state index contributed by atoms with van der Waals surface area (Å²) in [5.74, 6) is -3.00. The molecule has 7 N–H and O–H groups in total. The number of nitrogens with two attached hydrogens (primary N) is 1. The summed E-state index contributed by atoms with van der Waals surface area (Å²) in [6.45, 7) is 2.93. The van der Waals surface area contributed by atoms with Gasteiger partial charge >= 0.3 is 13.1 Å². The molecule has 11 heteroatoms. The Balaban J connectivity index is 2.20. The number of anilines is 2. The highest BCUT2D eigenvalue weighted by Gasteiger charge is 2.22. The summed E-state index contributed by atoms with van der Waals surface area (Å²) in [7, 11) is -1.91. The Morgan fingerprint density at radius 1 is 1.12 bits per heavy atom. The molecule has 10 nitrogen and oxygen atoms in total. The van der Waals surface area contributed by atoms with Crippen LogP contribution >= 0.6 is 0 Å². The topological polar surface area (TPSA) is 187 Å². The number of carboxylic acid groups (broad SMARTS) is 1. The zero-order valence-corrected chi connectivity index (χ0v) is 17.8. The minimum absolute atomic E-state index is 0.0217. The van der Waals surface area contributed by atoms with Crippen LogP contribution < -0.4 is 16.5 Å². The molecule has 1 atom stereocenters. The number of primary amides is 1. The lowest BCUT2D eigenvalue weighted by Gasteiger charge is -2.17. The van der Waals surface area contributed by atoms with E-state index in [-0.39, 0.29) is 39.5 Å². The van der Waals surface area contributed by atoms with Crippen LogP contribution in [0.2, 0.25) is 0 Å². The van der Waals surface area contributed by atoms with Crippen LogP contribution in [-0.2, 0) is 4.79 Å². The van der Waals surface area contributed by atoms with Crippen molar-refractivity contribution in [1.29, 1.82) is 5.41 Å². The number of ketones is 1. The largest absolute Gasteiger partial charge is 0.488 e. The number of benzene rings is 2. The highest BCUT2D eigenvalue weighted by molar-refractivity contribution is 6.58. The second-order valence-corrected chi connectivity index (χ2v) is 7.56. The Kier molecular flexibility index (Phi) is 6.56. The van der Waals surface area contributed by atoms with Crippen LogP contribution in [0.4, 0.5) is 11.4 Å². The van der Waals surface area contributed by atoms with E-state index in [1.54, 1.807) is 18.2 Å². The Hall–Kier alpha value is -4.09. The summed E-state index contributed by atoms with van der Waals surface area (Å²) in [6, 6.07) is 8.60. The fraction of sp³-hybridized carbons (Fsp3) is 0.136. The molecule has 1 heterocycles. The standard InChI is InChI=1S/C22H21BN4O6/c1-10(24)19(11(2)28)12-3-4-16-18(7-12)26-9-17(21(25)29)20(16)27-15-6-13(22(30)31)5-14(8-15)23(32)33/h3-9,19,24,32-33H,1-2H3,(H2,25,29)(H,26,27)(H,30,31). The summed E-state index contributed by atoms with van der Waals surface area (Å²) in [5, 5.41) is 39.7. The summed E-state index contributed by atoms with van der Waals surface area (Å²) in [5.41, 5.74) is 6.81. The Labute approximate surface area is 188 Å². The first-order valence-electron chi connectivity index (χ1n) is 9.79. The molecule has 0 fully saturated rings. The van der Waals surface area contributed by atoms with E-state index in [1.165, 1.54) is 32.2 Å². The predicted octanol–water partition coefficient (Wildman–Crippen LogP) is 1.17. The van der Waals surface area contributed by atoms with Crippen molar-refractivity contribution in [2.75, 3.05) is 5.32 Å². The molecule has 2 aromatic carbocycles. The number of hydrogen-bond donors (Lipinski definition) is 6. The number of hydrogen-bond acceptors (Lipinski definition) is 8. The van der Waals surface area contributed by atoms with Crippen molar-refractivity contribution in [1.82, 2.24) is 4.98 Å². The average molecular weight is 448 g/mol. The van der Waals surface area contributed by atoms with Gasteiger partial charge in [0.2, 0.25) is 0 Å². The molecule has 3 aromatic rings. The first-order valence-corrected chi connectivity index (χ1v) is 9.79. The quantitative estimate of drug-likeness (QED) is 0.219. The van der Waals surface area contributed by atoms with Crippen LogP contribution in [0.1, 0.15) is 46.0 Å². The van der Waals surface area contributed by atoms with Gasteiger partial charge in [-0.05, 0) is 49.1 Å². The Bertz CT molecular complexity index is 1290. The first-order chi connectivity index (χ1) is 15.5. The van der Waals surface area contributed by atoms with Crippen molar-refractivity contribution in [2.45, 2.75) is 19.8 Å². The van der Waals surface area contributed by atoms with E-state index in [0.29, 0.717) is 16.5 Å². The monoisotopic (exact) mass is 448 g/mol. The van der Waals surface area contributed by atoms with Gasteiger partial charge in [0.15, 0.2) is 0 Å². The average Bonchev–Trinajstić information content (AvgIpc) is 2.72. The van der Waals surface area contributed by atoms with Crippen molar-refractivity contribution in [3.8, 4) is 0 Å². The second-order valence-electron chi connectivity index (χ2n) is 7.56. The van der Waals surface area contributed by atoms with Crippen LogP contribution in [0, 0.1) is 5.41 Å². The maximum absolute atomic E-state index is 12.1. The van der Waals surface area contributed by atoms with Crippen LogP contribution in [0.15, 0.2) is 42.6 Å². The maximum atomic E-state index is 12.1. The number of nitrogens with one attached hydrogen (secondary N) is 2.